The van der Waals surface area contributed by atoms with Crippen molar-refractivity contribution in [2.75, 3.05) is 17.3 Å². The van der Waals surface area contributed by atoms with Gasteiger partial charge in [-0.25, -0.2) is 4.98 Å². The summed E-state index contributed by atoms with van der Waals surface area (Å²) in [5.74, 6) is 1.72. The van der Waals surface area contributed by atoms with Crippen LogP contribution in [0, 0.1) is 0 Å². The number of anilines is 3. The van der Waals surface area contributed by atoms with Gasteiger partial charge >= 0.3 is 0 Å². The molecule has 5 heterocycles. The maximum Gasteiger partial charge on any atom is 0.154 e. The summed E-state index contributed by atoms with van der Waals surface area (Å²) in [6.45, 7) is 4.90. The normalized spacial score (nSPS) is 11.2. The number of nitrogens with zero attached hydrogens (tertiary/aromatic N) is 8. The van der Waals surface area contributed by atoms with E-state index in [2.05, 4.69) is 44.2 Å². The summed E-state index contributed by atoms with van der Waals surface area (Å²) >= 11 is 0. The van der Waals surface area contributed by atoms with E-state index < -0.39 is 0 Å². The lowest BCUT2D eigenvalue weighted by molar-refractivity contribution is 0.734. The summed E-state index contributed by atoms with van der Waals surface area (Å²) < 4.78 is 1.83. The van der Waals surface area contributed by atoms with Gasteiger partial charge in [0.05, 0.1) is 41.4 Å². The molecule has 0 saturated carbocycles. The van der Waals surface area contributed by atoms with Crippen LogP contribution in [0.3, 0.4) is 0 Å². The van der Waals surface area contributed by atoms with Gasteiger partial charge in [0.25, 0.3) is 0 Å². The average molecular weight is 466 g/mol. The molecular formula is C26H27N9. The van der Waals surface area contributed by atoms with Gasteiger partial charge < -0.3 is 10.2 Å². The number of aryl methyl sites for hydroxylation is 1. The molecule has 0 bridgehead atoms. The van der Waals surface area contributed by atoms with Crippen molar-refractivity contribution in [3.05, 3.63) is 78.6 Å². The minimum Gasteiger partial charge on any atom is -0.367 e. The Morgan fingerprint density at radius 2 is 1.91 bits per heavy atom. The summed E-state index contributed by atoms with van der Waals surface area (Å²) in [7, 11) is 3.96. The van der Waals surface area contributed by atoms with Crippen LogP contribution >= 0.6 is 0 Å². The van der Waals surface area contributed by atoms with Gasteiger partial charge in [0, 0.05) is 43.8 Å². The van der Waals surface area contributed by atoms with Crippen molar-refractivity contribution in [1.82, 2.24) is 34.9 Å². The summed E-state index contributed by atoms with van der Waals surface area (Å²) in [5, 5.41) is 16.3. The average Bonchev–Trinajstić information content (AvgIpc) is 3.24. The van der Waals surface area contributed by atoms with Crippen LogP contribution in [0.15, 0.2) is 67.4 Å². The van der Waals surface area contributed by atoms with Crippen LogP contribution in [0.2, 0.25) is 0 Å². The molecule has 9 nitrogen and oxygen atoms in total. The molecule has 5 aromatic heterocycles. The molecule has 0 atom stereocenters. The van der Waals surface area contributed by atoms with Gasteiger partial charge in [-0.3, -0.25) is 14.6 Å². The fourth-order valence-electron chi connectivity index (χ4n) is 3.90. The van der Waals surface area contributed by atoms with Crippen LogP contribution in [0.25, 0.3) is 22.2 Å². The van der Waals surface area contributed by atoms with E-state index in [-0.39, 0.29) is 0 Å². The molecule has 5 rings (SSSR count). The van der Waals surface area contributed by atoms with E-state index in [1.807, 2.05) is 73.8 Å². The lowest BCUT2D eigenvalue weighted by Crippen LogP contribution is -2.17. The van der Waals surface area contributed by atoms with Gasteiger partial charge in [0.15, 0.2) is 5.82 Å². The zero-order valence-corrected chi connectivity index (χ0v) is 20.2. The highest BCUT2D eigenvalue weighted by Crippen LogP contribution is 2.27. The van der Waals surface area contributed by atoms with Crippen molar-refractivity contribution < 1.29 is 0 Å². The zero-order valence-electron chi connectivity index (χ0n) is 20.2. The Balaban J connectivity index is 1.44. The minimum absolute atomic E-state index is 0.369. The topological polar surface area (TPSA) is 97.5 Å². The lowest BCUT2D eigenvalue weighted by Gasteiger charge is -2.18. The smallest absolute Gasteiger partial charge is 0.154 e. The summed E-state index contributed by atoms with van der Waals surface area (Å²) in [4.78, 5) is 15.8. The number of rotatable bonds is 7. The third-order valence-corrected chi connectivity index (χ3v) is 5.83. The van der Waals surface area contributed by atoms with E-state index in [9.17, 15) is 0 Å². The Labute approximate surface area is 203 Å². The van der Waals surface area contributed by atoms with Crippen molar-refractivity contribution in [2.45, 2.75) is 26.3 Å². The number of pyridine rings is 3. The first kappa shape index (κ1) is 22.4. The lowest BCUT2D eigenvalue weighted by atomic mass is 10.1. The Kier molecular flexibility index (Phi) is 6.05. The SMILES string of the molecule is CC(C)c1cnnc(Nc2ccc3ncc(-c4cn(C)nc4CN(C)c4cccnc4)cc3n2)c1. The zero-order chi connectivity index (χ0) is 24.4. The standard InChI is InChI=1S/C26H27N9/c1-17(2)18-11-26(32-29-13-18)31-25-8-7-22-23(30-25)10-19(12-28-22)21-15-35(4)33-24(21)16-34(3)20-6-5-9-27-14-20/h5-15,17H,16H2,1-4H3,(H,30,31,32). The van der Waals surface area contributed by atoms with Gasteiger partial charge in [-0.2, -0.15) is 10.2 Å². The van der Waals surface area contributed by atoms with Crippen LogP contribution in [0.4, 0.5) is 17.3 Å². The van der Waals surface area contributed by atoms with Gasteiger partial charge in [-0.05, 0) is 47.9 Å². The van der Waals surface area contributed by atoms with E-state index in [1.165, 1.54) is 0 Å². The van der Waals surface area contributed by atoms with Crippen LogP contribution in [-0.4, -0.2) is 42.0 Å². The second-order valence-corrected chi connectivity index (χ2v) is 8.84. The van der Waals surface area contributed by atoms with Crippen molar-refractivity contribution >= 4 is 28.4 Å². The first-order valence-corrected chi connectivity index (χ1v) is 11.5. The minimum atomic E-state index is 0.369. The monoisotopic (exact) mass is 465 g/mol. The van der Waals surface area contributed by atoms with Crippen molar-refractivity contribution in [3.8, 4) is 11.1 Å². The van der Waals surface area contributed by atoms with Crippen LogP contribution in [0.1, 0.15) is 31.0 Å². The molecule has 176 valence electrons. The molecular weight excluding hydrogens is 438 g/mol. The first-order valence-electron chi connectivity index (χ1n) is 11.5. The van der Waals surface area contributed by atoms with Crippen LogP contribution < -0.4 is 10.2 Å². The van der Waals surface area contributed by atoms with Crippen molar-refractivity contribution in [1.29, 1.82) is 0 Å². The van der Waals surface area contributed by atoms with E-state index in [0.717, 1.165) is 39.1 Å². The molecule has 0 aliphatic heterocycles. The number of hydrogen-bond donors (Lipinski definition) is 1. The first-order chi connectivity index (χ1) is 17.0. The second kappa shape index (κ2) is 9.46. The highest BCUT2D eigenvalue weighted by atomic mass is 15.3. The third-order valence-electron chi connectivity index (χ3n) is 5.83. The Bertz CT molecular complexity index is 1460. The fraction of sp³-hybridized carbons (Fsp3) is 0.231. The molecule has 0 fully saturated rings. The van der Waals surface area contributed by atoms with Gasteiger partial charge in [0.2, 0.25) is 0 Å². The molecule has 9 heteroatoms. The van der Waals surface area contributed by atoms with Crippen LogP contribution in [0.5, 0.6) is 0 Å². The molecule has 0 amide bonds. The third kappa shape index (κ3) is 4.93. The maximum absolute atomic E-state index is 4.79. The molecule has 0 spiro atoms. The van der Waals surface area contributed by atoms with Gasteiger partial charge in [0.1, 0.15) is 5.82 Å². The number of nitrogens with one attached hydrogen (secondary N) is 1. The molecule has 0 radical (unpaired) electrons. The number of fused-ring (bicyclic) bond motifs is 1. The fourth-order valence-corrected chi connectivity index (χ4v) is 3.90. The van der Waals surface area contributed by atoms with E-state index in [1.54, 1.807) is 12.4 Å². The Morgan fingerprint density at radius 3 is 2.71 bits per heavy atom. The molecule has 0 aliphatic carbocycles. The number of aromatic nitrogens is 7. The van der Waals surface area contributed by atoms with Gasteiger partial charge in [-0.1, -0.05) is 13.8 Å². The second-order valence-electron chi connectivity index (χ2n) is 8.84. The largest absolute Gasteiger partial charge is 0.367 e. The molecule has 5 aromatic rings. The van der Waals surface area contributed by atoms with E-state index in [0.29, 0.717) is 24.1 Å². The highest BCUT2D eigenvalue weighted by Gasteiger charge is 2.14. The summed E-state index contributed by atoms with van der Waals surface area (Å²) in [6.07, 6.45) is 9.30. The van der Waals surface area contributed by atoms with Crippen molar-refractivity contribution in [2.24, 2.45) is 7.05 Å². The maximum atomic E-state index is 4.79. The number of hydrogen-bond acceptors (Lipinski definition) is 8. The van der Waals surface area contributed by atoms with Gasteiger partial charge in [-0.15, -0.1) is 5.10 Å². The Hall–Kier alpha value is -4.40. The quantitative estimate of drug-likeness (QED) is 0.369. The molecule has 0 aromatic carbocycles. The molecule has 1 N–H and O–H groups in total. The molecule has 35 heavy (non-hydrogen) atoms. The van der Waals surface area contributed by atoms with Crippen LogP contribution in [-0.2, 0) is 13.6 Å². The van der Waals surface area contributed by atoms with E-state index in [4.69, 9.17) is 10.1 Å². The van der Waals surface area contributed by atoms with Crippen molar-refractivity contribution in [3.63, 3.8) is 0 Å². The molecule has 0 saturated heterocycles. The van der Waals surface area contributed by atoms with E-state index >= 15 is 0 Å². The summed E-state index contributed by atoms with van der Waals surface area (Å²) in [6, 6.07) is 11.9. The molecule has 0 unspecified atom stereocenters. The predicted molar refractivity (Wildman–Crippen MR) is 137 cm³/mol. The Morgan fingerprint density at radius 1 is 1.03 bits per heavy atom. The molecule has 0 aliphatic rings. The highest BCUT2D eigenvalue weighted by molar-refractivity contribution is 5.82. The predicted octanol–water partition coefficient (Wildman–Crippen LogP) is 4.72. The summed E-state index contributed by atoms with van der Waals surface area (Å²) in [5.41, 5.74) is 6.69.